The summed E-state index contributed by atoms with van der Waals surface area (Å²) >= 11 is 6.69. The van der Waals surface area contributed by atoms with Crippen LogP contribution in [0.25, 0.3) is 0 Å². The van der Waals surface area contributed by atoms with Crippen LogP contribution in [0.1, 0.15) is 11.5 Å². The van der Waals surface area contributed by atoms with Gasteiger partial charge in [-0.2, -0.15) is 0 Å². The van der Waals surface area contributed by atoms with E-state index in [1.54, 1.807) is 0 Å². The molecule has 3 heteroatoms. The van der Waals surface area contributed by atoms with E-state index in [0.29, 0.717) is 5.33 Å². The number of carbonyl (C=O) groups is 1. The maximum absolute atomic E-state index is 10.6. The van der Waals surface area contributed by atoms with Crippen LogP contribution in [-0.4, -0.2) is 11.6 Å². The van der Waals surface area contributed by atoms with E-state index in [1.165, 1.54) is 0 Å². The second-order valence-electron chi connectivity index (χ2n) is 2.42. The van der Waals surface area contributed by atoms with Crippen molar-refractivity contribution in [3.05, 3.63) is 34.3 Å². The van der Waals surface area contributed by atoms with Crippen molar-refractivity contribution in [2.45, 2.75) is 5.92 Å². The first-order chi connectivity index (χ1) is 5.79. The molecule has 0 aromatic heterocycles. The molecule has 0 fully saturated rings. The van der Waals surface area contributed by atoms with E-state index in [4.69, 9.17) is 0 Å². The topological polar surface area (TPSA) is 17.1 Å². The van der Waals surface area contributed by atoms with Gasteiger partial charge in [-0.3, -0.25) is 0 Å². The Morgan fingerprint density at radius 3 is 2.58 bits per heavy atom. The van der Waals surface area contributed by atoms with E-state index in [1.807, 2.05) is 24.3 Å². The molecule has 1 unspecified atom stereocenters. The summed E-state index contributed by atoms with van der Waals surface area (Å²) < 4.78 is 0.988. The van der Waals surface area contributed by atoms with Gasteiger partial charge in [0.2, 0.25) is 0 Å². The zero-order valence-corrected chi connectivity index (χ0v) is 9.51. The Kier molecular flexibility index (Phi) is 3.95. The van der Waals surface area contributed by atoms with E-state index < -0.39 is 0 Å². The molecule has 0 N–H and O–H groups in total. The number of aldehydes is 1. The van der Waals surface area contributed by atoms with E-state index in [2.05, 4.69) is 31.9 Å². The van der Waals surface area contributed by atoms with Crippen LogP contribution in [0, 0.1) is 0 Å². The highest BCUT2D eigenvalue weighted by Crippen LogP contribution is 2.24. The van der Waals surface area contributed by atoms with Crippen LogP contribution in [0.3, 0.4) is 0 Å². The first-order valence-electron chi connectivity index (χ1n) is 3.55. The molecule has 0 bridgehead atoms. The fourth-order valence-electron chi connectivity index (χ4n) is 0.969. The SMILES string of the molecule is O=CC(CBr)c1ccccc1Br. The summed E-state index contributed by atoms with van der Waals surface area (Å²) in [7, 11) is 0. The molecule has 0 radical (unpaired) electrons. The van der Waals surface area contributed by atoms with Crippen molar-refractivity contribution in [1.82, 2.24) is 0 Å². The largest absolute Gasteiger partial charge is 0.303 e. The van der Waals surface area contributed by atoms with Gasteiger partial charge in [0.1, 0.15) is 6.29 Å². The van der Waals surface area contributed by atoms with Crippen molar-refractivity contribution < 1.29 is 4.79 Å². The third-order valence-corrected chi connectivity index (χ3v) is 3.05. The predicted octanol–water partition coefficient (Wildman–Crippen LogP) is 3.13. The summed E-state index contributed by atoms with van der Waals surface area (Å²) in [6.45, 7) is 0. The van der Waals surface area contributed by atoms with Gasteiger partial charge in [-0.1, -0.05) is 50.1 Å². The highest BCUT2D eigenvalue weighted by molar-refractivity contribution is 9.10. The van der Waals surface area contributed by atoms with Gasteiger partial charge in [0.25, 0.3) is 0 Å². The van der Waals surface area contributed by atoms with E-state index in [0.717, 1.165) is 16.3 Å². The van der Waals surface area contributed by atoms with Crippen LogP contribution in [0.4, 0.5) is 0 Å². The predicted molar refractivity (Wildman–Crippen MR) is 56.7 cm³/mol. The number of carbonyl (C=O) groups excluding carboxylic acids is 1. The maximum Gasteiger partial charge on any atom is 0.128 e. The highest BCUT2D eigenvalue weighted by Gasteiger charge is 2.10. The average molecular weight is 292 g/mol. The van der Waals surface area contributed by atoms with E-state index >= 15 is 0 Å². The molecule has 64 valence electrons. The normalized spacial score (nSPS) is 12.5. The van der Waals surface area contributed by atoms with Crippen molar-refractivity contribution in [3.8, 4) is 0 Å². The lowest BCUT2D eigenvalue weighted by Crippen LogP contribution is -2.01. The Morgan fingerprint density at radius 1 is 1.42 bits per heavy atom. The average Bonchev–Trinajstić information content (AvgIpc) is 2.10. The van der Waals surface area contributed by atoms with Gasteiger partial charge in [0, 0.05) is 9.80 Å². The number of rotatable bonds is 3. The zero-order valence-electron chi connectivity index (χ0n) is 6.34. The fraction of sp³-hybridized carbons (Fsp3) is 0.222. The summed E-state index contributed by atoms with van der Waals surface area (Å²) in [4.78, 5) is 10.6. The molecule has 1 atom stereocenters. The Hall–Kier alpha value is -0.150. The molecule has 0 saturated heterocycles. The summed E-state index contributed by atoms with van der Waals surface area (Å²) in [6, 6.07) is 7.75. The number of benzene rings is 1. The molecule has 1 rings (SSSR count). The molecule has 12 heavy (non-hydrogen) atoms. The first-order valence-corrected chi connectivity index (χ1v) is 5.46. The van der Waals surface area contributed by atoms with Crippen molar-refractivity contribution in [1.29, 1.82) is 0 Å². The van der Waals surface area contributed by atoms with Crippen LogP contribution in [0.2, 0.25) is 0 Å². The van der Waals surface area contributed by atoms with Crippen molar-refractivity contribution in [2.24, 2.45) is 0 Å². The molecule has 1 nitrogen and oxygen atoms in total. The monoisotopic (exact) mass is 290 g/mol. The molecule has 0 aliphatic rings. The molecule has 0 spiro atoms. The molecule has 0 aliphatic heterocycles. The summed E-state index contributed by atoms with van der Waals surface area (Å²) in [5.41, 5.74) is 1.03. The van der Waals surface area contributed by atoms with Crippen molar-refractivity contribution >= 4 is 38.1 Å². The lowest BCUT2D eigenvalue weighted by atomic mass is 10.0. The number of halogens is 2. The van der Waals surface area contributed by atoms with Crippen LogP contribution in [0.5, 0.6) is 0 Å². The Morgan fingerprint density at radius 2 is 2.08 bits per heavy atom. The van der Waals surface area contributed by atoms with Crippen LogP contribution in [0.15, 0.2) is 28.7 Å². The summed E-state index contributed by atoms with van der Waals surface area (Å²) in [6.07, 6.45) is 0.953. The number of alkyl halides is 1. The minimum Gasteiger partial charge on any atom is -0.303 e. The van der Waals surface area contributed by atoms with E-state index in [-0.39, 0.29) is 5.92 Å². The quantitative estimate of drug-likeness (QED) is 0.618. The summed E-state index contributed by atoms with van der Waals surface area (Å²) in [5.74, 6) is -0.0550. The third kappa shape index (κ3) is 2.17. The van der Waals surface area contributed by atoms with E-state index in [9.17, 15) is 4.79 Å². The zero-order chi connectivity index (χ0) is 8.97. The molecule has 0 heterocycles. The van der Waals surface area contributed by atoms with Crippen LogP contribution in [-0.2, 0) is 4.79 Å². The highest BCUT2D eigenvalue weighted by atomic mass is 79.9. The Bertz CT molecular complexity index is 273. The fourth-order valence-corrected chi connectivity index (χ4v) is 2.05. The van der Waals surface area contributed by atoms with Gasteiger partial charge < -0.3 is 4.79 Å². The smallest absolute Gasteiger partial charge is 0.128 e. The van der Waals surface area contributed by atoms with Gasteiger partial charge in [-0.15, -0.1) is 0 Å². The molecular weight excluding hydrogens is 284 g/mol. The lowest BCUT2D eigenvalue weighted by molar-refractivity contribution is -0.108. The van der Waals surface area contributed by atoms with Gasteiger partial charge in [0.15, 0.2) is 0 Å². The first kappa shape index (κ1) is 9.93. The maximum atomic E-state index is 10.6. The second kappa shape index (κ2) is 4.77. The molecule has 1 aromatic rings. The molecule has 0 aliphatic carbocycles. The minimum atomic E-state index is -0.0550. The standard InChI is InChI=1S/C9H8Br2O/c10-5-7(6-12)8-3-1-2-4-9(8)11/h1-4,6-7H,5H2. The molecule has 0 amide bonds. The summed E-state index contributed by atoms with van der Waals surface area (Å²) in [5, 5.41) is 0.666. The second-order valence-corrected chi connectivity index (χ2v) is 3.92. The molecule has 1 aromatic carbocycles. The number of hydrogen-bond acceptors (Lipinski definition) is 1. The third-order valence-electron chi connectivity index (χ3n) is 1.64. The van der Waals surface area contributed by atoms with Gasteiger partial charge >= 0.3 is 0 Å². The van der Waals surface area contributed by atoms with Crippen LogP contribution >= 0.6 is 31.9 Å². The van der Waals surface area contributed by atoms with Gasteiger partial charge in [-0.05, 0) is 11.6 Å². The number of hydrogen-bond donors (Lipinski definition) is 0. The van der Waals surface area contributed by atoms with Crippen molar-refractivity contribution in [3.63, 3.8) is 0 Å². The lowest BCUT2D eigenvalue weighted by Gasteiger charge is -2.08. The molecule has 0 saturated carbocycles. The van der Waals surface area contributed by atoms with Crippen LogP contribution < -0.4 is 0 Å². The van der Waals surface area contributed by atoms with Crippen molar-refractivity contribution in [2.75, 3.05) is 5.33 Å². The Balaban J connectivity index is 3.00. The van der Waals surface area contributed by atoms with Gasteiger partial charge in [-0.25, -0.2) is 0 Å². The Labute approximate surface area is 88.4 Å². The molecular formula is C9H8Br2O. The van der Waals surface area contributed by atoms with Gasteiger partial charge in [0.05, 0.1) is 5.92 Å². The minimum absolute atomic E-state index is 0.0550.